The first kappa shape index (κ1) is 15.4. The number of hydrogen-bond acceptors (Lipinski definition) is 2. The minimum atomic E-state index is -0.390. The maximum atomic E-state index is 12.7. The molecule has 0 radical (unpaired) electrons. The highest BCUT2D eigenvalue weighted by Crippen LogP contribution is 2.06. The Bertz CT molecular complexity index is 642. The van der Waals surface area contributed by atoms with Gasteiger partial charge in [-0.1, -0.05) is 12.1 Å². The summed E-state index contributed by atoms with van der Waals surface area (Å²) in [6.45, 7) is 0. The Hall–Kier alpha value is -1.96. The smallest absolute Gasteiger partial charge is 0.269 e. The van der Waals surface area contributed by atoms with E-state index in [0.717, 1.165) is 3.57 Å². The van der Waals surface area contributed by atoms with Crippen LogP contribution < -0.4 is 10.9 Å². The third kappa shape index (κ3) is 4.82. The molecule has 0 aliphatic rings. The lowest BCUT2D eigenvalue weighted by Gasteiger charge is -2.07. The van der Waals surface area contributed by atoms with Crippen LogP contribution in [0.5, 0.6) is 0 Å². The molecule has 6 heteroatoms. The monoisotopic (exact) mass is 398 g/mol. The number of carbonyl (C=O) groups excluding carboxylic acids is 2. The predicted molar refractivity (Wildman–Crippen MR) is 84.9 cm³/mol. The van der Waals surface area contributed by atoms with Crippen molar-refractivity contribution in [3.8, 4) is 0 Å². The highest BCUT2D eigenvalue weighted by molar-refractivity contribution is 14.1. The molecule has 0 aliphatic heterocycles. The molecule has 2 aromatic carbocycles. The van der Waals surface area contributed by atoms with Crippen molar-refractivity contribution in [2.75, 3.05) is 0 Å². The van der Waals surface area contributed by atoms with Crippen LogP contribution in [0.4, 0.5) is 4.39 Å². The minimum absolute atomic E-state index is 0.0627. The van der Waals surface area contributed by atoms with Crippen LogP contribution in [-0.2, 0) is 11.2 Å². The molecule has 0 atom stereocenters. The average molecular weight is 398 g/mol. The Kier molecular flexibility index (Phi) is 5.26. The second kappa shape index (κ2) is 7.16. The van der Waals surface area contributed by atoms with Gasteiger partial charge in [0.05, 0.1) is 6.42 Å². The second-order valence-corrected chi connectivity index (χ2v) is 5.56. The topological polar surface area (TPSA) is 58.2 Å². The molecule has 0 aromatic heterocycles. The van der Waals surface area contributed by atoms with E-state index in [1.54, 1.807) is 24.3 Å². The van der Waals surface area contributed by atoms with Crippen LogP contribution in [0.3, 0.4) is 0 Å². The molecule has 0 spiro atoms. The predicted octanol–water partition coefficient (Wildman–Crippen LogP) is 2.43. The molecule has 0 saturated carbocycles. The fraction of sp³-hybridized carbons (Fsp3) is 0.0667. The van der Waals surface area contributed by atoms with Gasteiger partial charge in [0.2, 0.25) is 5.91 Å². The van der Waals surface area contributed by atoms with E-state index in [4.69, 9.17) is 0 Å². The summed E-state index contributed by atoms with van der Waals surface area (Å²) in [5.74, 6) is -1.12. The Balaban J connectivity index is 1.84. The zero-order valence-electron chi connectivity index (χ0n) is 10.9. The summed E-state index contributed by atoms with van der Waals surface area (Å²) >= 11 is 2.14. The zero-order valence-corrected chi connectivity index (χ0v) is 13.1. The molecular formula is C15H12FIN2O2. The summed E-state index contributed by atoms with van der Waals surface area (Å²) < 4.78 is 13.8. The lowest BCUT2D eigenvalue weighted by molar-refractivity contribution is -0.121. The number of halogens is 2. The third-order valence-corrected chi connectivity index (χ3v) is 3.42. The van der Waals surface area contributed by atoms with Crippen molar-refractivity contribution in [3.63, 3.8) is 0 Å². The summed E-state index contributed by atoms with van der Waals surface area (Å²) in [5, 5.41) is 0. The molecule has 0 unspecified atom stereocenters. The summed E-state index contributed by atoms with van der Waals surface area (Å²) in [6, 6.07) is 12.6. The molecule has 2 N–H and O–H groups in total. The first-order valence-corrected chi connectivity index (χ1v) is 7.21. The van der Waals surface area contributed by atoms with E-state index in [-0.39, 0.29) is 24.1 Å². The van der Waals surface area contributed by atoms with Gasteiger partial charge in [0.25, 0.3) is 5.91 Å². The fourth-order valence-electron chi connectivity index (χ4n) is 1.63. The molecule has 2 amide bonds. The molecule has 0 aliphatic carbocycles. The Morgan fingerprint density at radius 1 is 0.952 bits per heavy atom. The highest BCUT2D eigenvalue weighted by atomic mass is 127. The Morgan fingerprint density at radius 2 is 1.57 bits per heavy atom. The van der Waals surface area contributed by atoms with Crippen LogP contribution in [0.1, 0.15) is 15.9 Å². The van der Waals surface area contributed by atoms with E-state index in [1.807, 2.05) is 0 Å². The van der Waals surface area contributed by atoms with E-state index in [9.17, 15) is 14.0 Å². The van der Waals surface area contributed by atoms with Crippen molar-refractivity contribution in [3.05, 3.63) is 69.0 Å². The fourth-order valence-corrected chi connectivity index (χ4v) is 1.99. The van der Waals surface area contributed by atoms with Gasteiger partial charge in [-0.25, -0.2) is 4.39 Å². The van der Waals surface area contributed by atoms with E-state index >= 15 is 0 Å². The standard InChI is InChI=1S/C15H12FIN2O2/c16-12-5-1-10(2-6-12)9-14(20)18-19-15(21)11-3-7-13(17)8-4-11/h1-8H,9H2,(H,18,20)(H,19,21). The third-order valence-electron chi connectivity index (χ3n) is 2.70. The van der Waals surface area contributed by atoms with Gasteiger partial charge in [-0.15, -0.1) is 0 Å². The lowest BCUT2D eigenvalue weighted by atomic mass is 10.1. The van der Waals surface area contributed by atoms with Crippen LogP contribution in [-0.4, -0.2) is 11.8 Å². The van der Waals surface area contributed by atoms with Gasteiger partial charge in [-0.05, 0) is 64.6 Å². The van der Waals surface area contributed by atoms with E-state index in [1.165, 1.54) is 24.3 Å². The molecule has 0 bridgehead atoms. The Labute approximate surface area is 134 Å². The first-order chi connectivity index (χ1) is 10.0. The van der Waals surface area contributed by atoms with Crippen molar-refractivity contribution >= 4 is 34.4 Å². The van der Waals surface area contributed by atoms with Crippen molar-refractivity contribution in [1.82, 2.24) is 10.9 Å². The van der Waals surface area contributed by atoms with Gasteiger partial charge in [-0.3, -0.25) is 20.4 Å². The van der Waals surface area contributed by atoms with Crippen LogP contribution >= 0.6 is 22.6 Å². The van der Waals surface area contributed by atoms with E-state index < -0.39 is 0 Å². The largest absolute Gasteiger partial charge is 0.273 e. The molecular weight excluding hydrogens is 386 g/mol. The summed E-state index contributed by atoms with van der Waals surface area (Å²) in [7, 11) is 0. The average Bonchev–Trinajstić information content (AvgIpc) is 2.48. The summed E-state index contributed by atoms with van der Waals surface area (Å²) in [4.78, 5) is 23.4. The van der Waals surface area contributed by atoms with Crippen molar-refractivity contribution < 1.29 is 14.0 Å². The van der Waals surface area contributed by atoms with Crippen molar-refractivity contribution in [2.45, 2.75) is 6.42 Å². The van der Waals surface area contributed by atoms with Crippen molar-refractivity contribution in [1.29, 1.82) is 0 Å². The molecule has 2 rings (SSSR count). The SMILES string of the molecule is O=C(Cc1ccc(F)cc1)NNC(=O)c1ccc(I)cc1. The summed E-state index contributed by atoms with van der Waals surface area (Å²) in [6.07, 6.45) is 0.0627. The molecule has 0 heterocycles. The van der Waals surface area contributed by atoms with Gasteiger partial charge in [0, 0.05) is 9.13 Å². The van der Waals surface area contributed by atoms with Gasteiger partial charge in [-0.2, -0.15) is 0 Å². The molecule has 0 saturated heterocycles. The van der Waals surface area contributed by atoms with Gasteiger partial charge in [0.1, 0.15) is 5.82 Å². The van der Waals surface area contributed by atoms with E-state index in [2.05, 4.69) is 33.4 Å². The van der Waals surface area contributed by atoms with Crippen LogP contribution in [0.2, 0.25) is 0 Å². The second-order valence-electron chi connectivity index (χ2n) is 4.31. The van der Waals surface area contributed by atoms with Crippen molar-refractivity contribution in [2.24, 2.45) is 0 Å². The zero-order chi connectivity index (χ0) is 15.2. The number of rotatable bonds is 3. The highest BCUT2D eigenvalue weighted by Gasteiger charge is 2.08. The lowest BCUT2D eigenvalue weighted by Crippen LogP contribution is -2.42. The first-order valence-electron chi connectivity index (χ1n) is 6.14. The number of hydrazine groups is 1. The van der Waals surface area contributed by atoms with Gasteiger partial charge in [0.15, 0.2) is 0 Å². The molecule has 0 fully saturated rings. The van der Waals surface area contributed by atoms with Gasteiger partial charge < -0.3 is 0 Å². The molecule has 108 valence electrons. The number of nitrogens with one attached hydrogen (secondary N) is 2. The molecule has 4 nitrogen and oxygen atoms in total. The molecule has 21 heavy (non-hydrogen) atoms. The Morgan fingerprint density at radius 3 is 2.19 bits per heavy atom. The number of carbonyl (C=O) groups is 2. The van der Waals surface area contributed by atoms with Crippen LogP contribution in [0.15, 0.2) is 48.5 Å². The summed E-state index contributed by atoms with van der Waals surface area (Å²) in [5.41, 5.74) is 5.78. The molecule has 2 aromatic rings. The maximum absolute atomic E-state index is 12.7. The van der Waals surface area contributed by atoms with Gasteiger partial charge >= 0.3 is 0 Å². The maximum Gasteiger partial charge on any atom is 0.269 e. The quantitative estimate of drug-likeness (QED) is 0.617. The number of benzene rings is 2. The van der Waals surface area contributed by atoms with Crippen LogP contribution in [0.25, 0.3) is 0 Å². The van der Waals surface area contributed by atoms with Crippen LogP contribution in [0, 0.1) is 9.39 Å². The van der Waals surface area contributed by atoms with E-state index in [0.29, 0.717) is 11.1 Å². The minimum Gasteiger partial charge on any atom is -0.273 e. The number of hydrogen-bond donors (Lipinski definition) is 2. The normalized spacial score (nSPS) is 10.0. The number of amides is 2.